The predicted octanol–water partition coefficient (Wildman–Crippen LogP) is -0.936. The first-order valence-electron chi connectivity index (χ1n) is 0.978. The third-order valence-corrected chi connectivity index (χ3v) is 0.149. The van der Waals surface area contributed by atoms with Gasteiger partial charge in [-0.05, 0) is 0 Å². The van der Waals surface area contributed by atoms with Crippen molar-refractivity contribution in [3.05, 3.63) is 0 Å². The third kappa shape index (κ3) is 9.19. The zero-order valence-electron chi connectivity index (χ0n) is 3.33. The molecule has 0 aliphatic carbocycles. The van der Waals surface area contributed by atoms with Crippen LogP contribution in [0.4, 0.5) is 4.79 Å². The van der Waals surface area contributed by atoms with Gasteiger partial charge in [0.25, 0.3) is 0 Å². The smallest absolute Gasteiger partial charge is 0.344 e. The molecule has 0 atom stereocenters. The van der Waals surface area contributed by atoms with Gasteiger partial charge in [-0.2, -0.15) is 15.3 Å². The van der Waals surface area contributed by atoms with E-state index < -0.39 is 6.16 Å². The predicted molar refractivity (Wildman–Crippen MR) is 27.8 cm³/mol. The first-order valence-corrected chi connectivity index (χ1v) is 0.978. The van der Waals surface area contributed by atoms with Crippen LogP contribution >= 0.6 is 0 Å². The molecule has 0 radical (unpaired) electrons. The molecule has 0 aromatic carbocycles. The maximum atomic E-state index is 9.24. The van der Waals surface area contributed by atoms with Crippen LogP contribution in [0.15, 0.2) is 0 Å². The molecule has 0 aromatic heterocycles. The van der Waals surface area contributed by atoms with Crippen LogP contribution in [-0.4, -0.2) is 34.0 Å². The third-order valence-electron chi connectivity index (χ3n) is 0.149. The van der Waals surface area contributed by atoms with Crippen molar-refractivity contribution in [1.29, 1.82) is 0 Å². The number of carbonyl (C=O) groups excluding carboxylic acids is 1. The van der Waals surface area contributed by atoms with Gasteiger partial charge in [0.05, 0.1) is 0 Å². The summed E-state index contributed by atoms with van der Waals surface area (Å²) in [6.07, 6.45) is -1.55. The van der Waals surface area contributed by atoms with Gasteiger partial charge in [-0.15, -0.1) is 0 Å². The highest BCUT2D eigenvalue weighted by Gasteiger charge is 1.95. The van der Waals surface area contributed by atoms with Crippen molar-refractivity contribution in [3.8, 4) is 0 Å². The number of hydrogen-bond donors (Lipinski definition) is 3. The molecule has 0 fully saturated rings. The van der Waals surface area contributed by atoms with Gasteiger partial charge in [-0.1, -0.05) is 0 Å². The average molecular weight is 141 g/mol. The van der Waals surface area contributed by atoms with Crippen LogP contribution in [0.2, 0.25) is 0 Å². The Morgan fingerprint density at radius 1 is 1.25 bits per heavy atom. The largest absolute Gasteiger partial charge is 0.572 e. The van der Waals surface area contributed by atoms with Crippen LogP contribution in [0.1, 0.15) is 0 Å². The van der Waals surface area contributed by atoms with E-state index in [-0.39, 0.29) is 23.5 Å². The van der Waals surface area contributed by atoms with E-state index in [1.165, 1.54) is 0 Å². The molecule has 0 unspecified atom stereocenters. The quantitative estimate of drug-likeness (QED) is 0.228. The minimum atomic E-state index is -1.55. The van der Waals surface area contributed by atoms with Gasteiger partial charge < -0.3 is 6.15 Å². The van der Waals surface area contributed by atoms with E-state index in [0.29, 0.717) is 0 Å². The maximum Gasteiger partial charge on any atom is 0.572 e. The van der Waals surface area contributed by atoms with E-state index in [9.17, 15) is 4.79 Å². The van der Waals surface area contributed by atoms with E-state index in [2.05, 4.69) is 9.78 Å². The molecule has 0 bridgehead atoms. The van der Waals surface area contributed by atoms with Gasteiger partial charge in [0.1, 0.15) is 0 Å². The van der Waals surface area contributed by atoms with Gasteiger partial charge in [-0.3, -0.25) is 9.78 Å². The summed E-state index contributed by atoms with van der Waals surface area (Å²) in [6, 6.07) is 0. The minimum Gasteiger partial charge on any atom is -0.344 e. The van der Waals surface area contributed by atoms with Gasteiger partial charge in [0.2, 0.25) is 0 Å². The summed E-state index contributed by atoms with van der Waals surface area (Å²) in [5.74, 6) is 0. The lowest BCUT2D eigenvalue weighted by atomic mass is 11.4. The standard InChI is InChI=1S/CH2O5.Al.H3N.3H/c2-1(5-3)6-4;;;;;/h3-4H;;1H3;;;. The van der Waals surface area contributed by atoms with Crippen LogP contribution in [-0.2, 0) is 9.78 Å². The number of hydrogen-bond acceptors (Lipinski definition) is 6. The second-order valence-electron chi connectivity index (χ2n) is 0.433. The van der Waals surface area contributed by atoms with E-state index in [1.54, 1.807) is 0 Å². The Balaban J connectivity index is -0.000000125. The van der Waals surface area contributed by atoms with Crippen molar-refractivity contribution >= 4 is 23.5 Å². The van der Waals surface area contributed by atoms with E-state index >= 15 is 0 Å². The number of rotatable bonds is 0. The molecule has 5 N–H and O–H groups in total. The van der Waals surface area contributed by atoms with Crippen LogP contribution in [0.3, 0.4) is 0 Å². The zero-order valence-corrected chi connectivity index (χ0v) is 3.33. The van der Waals surface area contributed by atoms with E-state index in [1.807, 2.05) is 0 Å². The molecule has 0 rings (SSSR count). The highest BCUT2D eigenvalue weighted by atomic mass is 27.0. The molecule has 0 aliphatic heterocycles. The molecule has 6 nitrogen and oxygen atoms in total. The summed E-state index contributed by atoms with van der Waals surface area (Å²) >= 11 is 0. The summed E-state index contributed by atoms with van der Waals surface area (Å²) in [7, 11) is 0. The molecule has 0 aromatic rings. The molecule has 0 spiro atoms. The molecule has 0 saturated carbocycles. The van der Waals surface area contributed by atoms with Gasteiger partial charge in [0, 0.05) is 0 Å². The molecule has 0 saturated heterocycles. The van der Waals surface area contributed by atoms with Crippen molar-refractivity contribution in [2.45, 2.75) is 0 Å². The summed E-state index contributed by atoms with van der Waals surface area (Å²) < 4.78 is 0. The summed E-state index contributed by atoms with van der Waals surface area (Å²) in [5.41, 5.74) is 0. The van der Waals surface area contributed by atoms with Crippen LogP contribution in [0.25, 0.3) is 0 Å². The fraction of sp³-hybridized carbons (Fsp3) is 0. The van der Waals surface area contributed by atoms with Gasteiger partial charge >= 0.3 is 6.16 Å². The van der Waals surface area contributed by atoms with Crippen LogP contribution in [0.5, 0.6) is 0 Å². The Bertz CT molecular complexity index is 50.4. The lowest BCUT2D eigenvalue weighted by molar-refractivity contribution is -0.270. The number of carbonyl (C=O) groups is 1. The summed E-state index contributed by atoms with van der Waals surface area (Å²) in [5, 5.41) is 14.4. The van der Waals surface area contributed by atoms with Gasteiger partial charge in [0.15, 0.2) is 17.4 Å². The first kappa shape index (κ1) is 15.6. The molecule has 0 aliphatic rings. The normalized spacial score (nSPS) is 5.25. The van der Waals surface area contributed by atoms with Crippen molar-refractivity contribution in [1.82, 2.24) is 6.15 Å². The fourth-order valence-corrected chi connectivity index (χ4v) is 0.0167. The minimum absolute atomic E-state index is 0. The Kier molecular flexibility index (Phi) is 19.2. The lowest BCUT2D eigenvalue weighted by Crippen LogP contribution is -1.99. The molecular weight excluding hydrogens is 133 g/mol. The highest BCUT2D eigenvalue weighted by molar-refractivity contribution is 5.75. The molecule has 7 heteroatoms. The Morgan fingerprint density at radius 3 is 1.50 bits per heavy atom. The lowest BCUT2D eigenvalue weighted by Gasteiger charge is -1.83. The Hall–Kier alpha value is -0.318. The second-order valence-corrected chi connectivity index (χ2v) is 0.433. The maximum absolute atomic E-state index is 9.24. The van der Waals surface area contributed by atoms with Crippen molar-refractivity contribution in [3.63, 3.8) is 0 Å². The molecule has 8 heavy (non-hydrogen) atoms. The molecule has 0 heterocycles. The van der Waals surface area contributed by atoms with Gasteiger partial charge in [-0.25, -0.2) is 0 Å². The van der Waals surface area contributed by atoms with Crippen molar-refractivity contribution in [2.75, 3.05) is 0 Å². The average Bonchev–Trinajstić information content (AvgIpc) is 1.65. The first-order chi connectivity index (χ1) is 2.81. The Morgan fingerprint density at radius 2 is 1.50 bits per heavy atom. The summed E-state index contributed by atoms with van der Waals surface area (Å²) in [6.45, 7) is 0. The highest BCUT2D eigenvalue weighted by Crippen LogP contribution is 1.71. The van der Waals surface area contributed by atoms with E-state index in [0.717, 1.165) is 0 Å². The van der Waals surface area contributed by atoms with Crippen LogP contribution in [0, 0.1) is 0 Å². The van der Waals surface area contributed by atoms with Crippen LogP contribution < -0.4 is 6.15 Å². The SMILES string of the molecule is N.O=C(OO)OO.[AlH3]. The zero-order chi connectivity index (χ0) is 4.99. The Labute approximate surface area is 55.6 Å². The molecule has 50 valence electrons. The molecular formula is CH8AlNO5. The topological polar surface area (TPSA) is 111 Å². The fourth-order valence-electron chi connectivity index (χ4n) is 0.0167. The van der Waals surface area contributed by atoms with Crippen molar-refractivity contribution in [2.24, 2.45) is 0 Å². The second kappa shape index (κ2) is 9.84. The monoisotopic (exact) mass is 141 g/mol. The molecule has 0 amide bonds. The van der Waals surface area contributed by atoms with E-state index in [4.69, 9.17) is 10.5 Å². The summed E-state index contributed by atoms with van der Waals surface area (Å²) in [4.78, 5) is 14.8. The van der Waals surface area contributed by atoms with Crippen molar-refractivity contribution < 1.29 is 25.1 Å².